The van der Waals surface area contributed by atoms with Crippen molar-refractivity contribution in [1.29, 1.82) is 0 Å². The molecule has 0 fully saturated rings. The van der Waals surface area contributed by atoms with Crippen molar-refractivity contribution in [2.75, 3.05) is 13.3 Å². The van der Waals surface area contributed by atoms with Crippen LogP contribution in [0.15, 0.2) is 0 Å². The molecular formula is C9H18N6O6. The van der Waals surface area contributed by atoms with E-state index in [0.717, 1.165) is 0 Å². The third-order valence-electron chi connectivity index (χ3n) is 1.87. The first-order valence-corrected chi connectivity index (χ1v) is 5.70. The van der Waals surface area contributed by atoms with Crippen LogP contribution in [-0.2, 0) is 19.2 Å². The van der Waals surface area contributed by atoms with Gasteiger partial charge in [0.2, 0.25) is 23.6 Å². The second-order valence-corrected chi connectivity index (χ2v) is 3.73. The maximum Gasteiger partial charge on any atom is 0.337 e. The monoisotopic (exact) mass is 306 g/mol. The molecule has 12 nitrogen and oxygen atoms in total. The summed E-state index contributed by atoms with van der Waals surface area (Å²) in [5.74, 6) is -3.67. The normalized spacial score (nSPS) is 10.5. The van der Waals surface area contributed by atoms with E-state index in [1.807, 2.05) is 0 Å². The number of rotatable bonds is 8. The molecule has 0 aliphatic carbocycles. The molecule has 0 heterocycles. The lowest BCUT2D eigenvalue weighted by molar-refractivity contribution is -0.209. The van der Waals surface area contributed by atoms with E-state index in [1.54, 1.807) is 10.6 Å². The van der Waals surface area contributed by atoms with Gasteiger partial charge in [0.15, 0.2) is 0 Å². The summed E-state index contributed by atoms with van der Waals surface area (Å²) < 4.78 is 0. The van der Waals surface area contributed by atoms with Crippen molar-refractivity contribution >= 4 is 23.6 Å². The Kier molecular flexibility index (Phi) is 7.85. The van der Waals surface area contributed by atoms with E-state index in [0.29, 0.717) is 0 Å². The molecule has 21 heavy (non-hydrogen) atoms. The topological polar surface area (TPSA) is 209 Å². The van der Waals surface area contributed by atoms with Crippen LogP contribution in [0.3, 0.4) is 0 Å². The molecule has 0 spiro atoms. The molecule has 0 atom stereocenters. The lowest BCUT2D eigenvalue weighted by atomic mass is 10.3. The highest BCUT2D eigenvalue weighted by Crippen LogP contribution is 1.92. The first kappa shape index (κ1) is 18.7. The second kappa shape index (κ2) is 8.80. The molecule has 0 saturated carbocycles. The molecule has 0 unspecified atom stereocenters. The number of nitrogens with two attached hydrogens (primary N) is 2. The highest BCUT2D eigenvalue weighted by molar-refractivity contribution is 5.98. The minimum absolute atomic E-state index is 0.192. The average Bonchev–Trinajstić information content (AvgIpc) is 2.26. The van der Waals surface area contributed by atoms with Crippen molar-refractivity contribution in [3.63, 3.8) is 0 Å². The summed E-state index contributed by atoms with van der Waals surface area (Å²) in [5.41, 5.74) is 10.0. The van der Waals surface area contributed by atoms with Crippen LogP contribution in [0, 0.1) is 0 Å². The van der Waals surface area contributed by atoms with E-state index in [-0.39, 0.29) is 13.3 Å². The van der Waals surface area contributed by atoms with E-state index in [1.165, 1.54) is 0 Å². The van der Waals surface area contributed by atoms with Gasteiger partial charge in [-0.3, -0.25) is 29.8 Å². The molecule has 0 aromatic rings. The molecular weight excluding hydrogens is 288 g/mol. The number of hydrogen-bond acceptors (Lipinski definition) is 8. The van der Waals surface area contributed by atoms with Gasteiger partial charge in [-0.25, -0.2) is 0 Å². The predicted octanol–water partition coefficient (Wildman–Crippen LogP) is -5.34. The highest BCUT2D eigenvalue weighted by atomic mass is 16.6. The fraction of sp³-hybridized carbons (Fsp3) is 0.556. The summed E-state index contributed by atoms with van der Waals surface area (Å²) in [6.07, 6.45) is -1.47. The fourth-order valence-corrected chi connectivity index (χ4v) is 1.15. The molecule has 0 aliphatic rings. The van der Waals surface area contributed by atoms with Crippen LogP contribution in [0.25, 0.3) is 0 Å². The Bertz CT molecular complexity index is 376. The first-order valence-electron chi connectivity index (χ1n) is 5.70. The van der Waals surface area contributed by atoms with E-state index in [4.69, 9.17) is 11.5 Å². The van der Waals surface area contributed by atoms with Crippen LogP contribution in [0.5, 0.6) is 0 Å². The summed E-state index contributed by atoms with van der Waals surface area (Å²) >= 11 is 0. The Morgan fingerprint density at radius 2 is 1.10 bits per heavy atom. The lowest BCUT2D eigenvalue weighted by Gasteiger charge is -2.23. The summed E-state index contributed by atoms with van der Waals surface area (Å²) in [7, 11) is 0. The summed E-state index contributed by atoms with van der Waals surface area (Å²) in [5, 5.41) is 26.0. The van der Waals surface area contributed by atoms with Crippen molar-refractivity contribution in [1.82, 2.24) is 21.3 Å². The molecule has 0 aromatic carbocycles. The number of amides is 4. The first-order chi connectivity index (χ1) is 9.70. The van der Waals surface area contributed by atoms with E-state index >= 15 is 0 Å². The van der Waals surface area contributed by atoms with E-state index in [9.17, 15) is 29.4 Å². The molecule has 0 aromatic heterocycles. The smallest absolute Gasteiger partial charge is 0.337 e. The van der Waals surface area contributed by atoms with E-state index < -0.39 is 42.5 Å². The standard InChI is InChI=1S/C9H18N6O6/c10-3-12-5(16)1-7(18)14-9(20,21)15-8(19)2-6(17)13-4-11/h20-21H,1-4,10-11H2,(H,12,16)(H,13,17)(H,14,18)(H,15,19). The number of aliphatic hydroxyl groups is 2. The summed E-state index contributed by atoms with van der Waals surface area (Å²) in [6, 6.07) is -3.11. The van der Waals surface area contributed by atoms with Gasteiger partial charge >= 0.3 is 6.03 Å². The van der Waals surface area contributed by atoms with Crippen LogP contribution in [0.2, 0.25) is 0 Å². The van der Waals surface area contributed by atoms with Crippen molar-refractivity contribution in [2.45, 2.75) is 18.9 Å². The number of nitrogens with one attached hydrogen (secondary N) is 4. The zero-order valence-corrected chi connectivity index (χ0v) is 11.0. The van der Waals surface area contributed by atoms with Gasteiger partial charge in [0, 0.05) is 0 Å². The van der Waals surface area contributed by atoms with E-state index in [2.05, 4.69) is 10.6 Å². The Labute approximate surface area is 119 Å². The zero-order valence-electron chi connectivity index (χ0n) is 11.0. The Morgan fingerprint density at radius 1 is 0.762 bits per heavy atom. The number of carbonyl (C=O) groups is 4. The summed E-state index contributed by atoms with van der Waals surface area (Å²) in [6.45, 7) is -0.384. The lowest BCUT2D eigenvalue weighted by Crippen LogP contribution is -2.61. The maximum absolute atomic E-state index is 11.3. The van der Waals surface area contributed by atoms with Gasteiger partial charge in [-0.15, -0.1) is 0 Å². The SMILES string of the molecule is NCNC(=O)CC(=O)NC(O)(O)NC(=O)CC(=O)NCN. The van der Waals surface area contributed by atoms with Gasteiger partial charge in [-0.1, -0.05) is 0 Å². The van der Waals surface area contributed by atoms with Gasteiger partial charge in [-0.05, 0) is 0 Å². The predicted molar refractivity (Wildman–Crippen MR) is 67.1 cm³/mol. The molecule has 0 bridgehead atoms. The average molecular weight is 306 g/mol. The zero-order chi connectivity index (χ0) is 16.5. The second-order valence-electron chi connectivity index (χ2n) is 3.73. The Hall–Kier alpha value is -2.28. The van der Waals surface area contributed by atoms with Gasteiger partial charge in [-0.2, -0.15) is 0 Å². The van der Waals surface area contributed by atoms with Crippen LogP contribution in [-0.4, -0.2) is 53.2 Å². The minimum Gasteiger partial charge on any atom is -0.343 e. The van der Waals surface area contributed by atoms with Crippen LogP contribution >= 0.6 is 0 Å². The molecule has 120 valence electrons. The minimum atomic E-state index is -3.11. The maximum atomic E-state index is 11.3. The van der Waals surface area contributed by atoms with Gasteiger partial charge in [0.25, 0.3) is 0 Å². The third kappa shape index (κ3) is 9.28. The van der Waals surface area contributed by atoms with Crippen molar-refractivity contribution < 1.29 is 29.4 Å². The van der Waals surface area contributed by atoms with Gasteiger partial charge < -0.3 is 32.3 Å². The van der Waals surface area contributed by atoms with Crippen molar-refractivity contribution in [2.24, 2.45) is 11.5 Å². The van der Waals surface area contributed by atoms with Crippen molar-refractivity contribution in [3.8, 4) is 0 Å². The molecule has 0 saturated heterocycles. The van der Waals surface area contributed by atoms with Crippen LogP contribution in [0.4, 0.5) is 0 Å². The number of carbonyl (C=O) groups excluding carboxylic acids is 4. The third-order valence-corrected chi connectivity index (χ3v) is 1.87. The van der Waals surface area contributed by atoms with Gasteiger partial charge in [0.1, 0.15) is 12.8 Å². The van der Waals surface area contributed by atoms with Crippen LogP contribution < -0.4 is 32.7 Å². The molecule has 0 rings (SSSR count). The fourth-order valence-electron chi connectivity index (χ4n) is 1.15. The Balaban J connectivity index is 4.29. The largest absolute Gasteiger partial charge is 0.343 e. The van der Waals surface area contributed by atoms with Crippen molar-refractivity contribution in [3.05, 3.63) is 0 Å². The van der Waals surface area contributed by atoms with Crippen LogP contribution in [0.1, 0.15) is 12.8 Å². The molecule has 0 radical (unpaired) electrons. The molecule has 10 N–H and O–H groups in total. The van der Waals surface area contributed by atoms with Gasteiger partial charge in [0.05, 0.1) is 13.3 Å². The Morgan fingerprint density at radius 3 is 1.38 bits per heavy atom. The molecule has 4 amide bonds. The highest BCUT2D eigenvalue weighted by Gasteiger charge is 2.29. The number of hydrogen-bond donors (Lipinski definition) is 8. The summed E-state index contributed by atoms with van der Waals surface area (Å²) in [4.78, 5) is 44.6. The quantitative estimate of drug-likeness (QED) is 0.160. The molecule has 0 aliphatic heterocycles. The molecule has 12 heteroatoms.